The molecule has 1 aliphatic rings. The Kier molecular flexibility index (Phi) is 8.41. The van der Waals surface area contributed by atoms with Gasteiger partial charge < -0.3 is 15.9 Å². The van der Waals surface area contributed by atoms with E-state index in [4.69, 9.17) is 5.73 Å². The lowest BCUT2D eigenvalue weighted by molar-refractivity contribution is 0.115. The predicted molar refractivity (Wildman–Crippen MR) is 105 cm³/mol. The molecule has 3 heteroatoms. The number of unbranched alkanes of at least 4 members (excludes halogenated alkanes) is 2. The lowest BCUT2D eigenvalue weighted by Gasteiger charge is -2.29. The number of nitrogens with two attached hydrogens (primary N) is 1. The van der Waals surface area contributed by atoms with Crippen LogP contribution in [0.5, 0.6) is 0 Å². The predicted octanol–water partition coefficient (Wildman–Crippen LogP) is 4.16. The lowest BCUT2D eigenvalue weighted by atomic mass is 9.77. The average molecular weight is 348 g/mol. The molecule has 0 unspecified atom stereocenters. The Morgan fingerprint density at radius 1 is 1.00 bits per heavy atom. The van der Waals surface area contributed by atoms with Crippen molar-refractivity contribution in [2.24, 2.45) is 11.7 Å². The summed E-state index contributed by atoms with van der Waals surface area (Å²) >= 11 is 0. The van der Waals surface area contributed by atoms with Gasteiger partial charge in [-0.2, -0.15) is 0 Å². The molecule has 0 aliphatic heterocycles. The summed E-state index contributed by atoms with van der Waals surface area (Å²) in [5, 5.41) is 18.6. The van der Waals surface area contributed by atoms with Crippen LogP contribution in [-0.2, 0) is 6.42 Å². The molecule has 1 aromatic carbocycles. The highest BCUT2D eigenvalue weighted by Crippen LogP contribution is 2.37. The number of benzene rings is 1. The standard InChI is InChI=1S/C22H37NO2/c1-2-3-4-5-18-6-10-20(11-7-18)21-12-8-19(9-13-21)14-15-22(23,16-24)17-25/h8-9,12-13,18,20,24-25H,2-7,10-11,14-17,23H2,1H3. The summed E-state index contributed by atoms with van der Waals surface area (Å²) in [4.78, 5) is 0. The maximum absolute atomic E-state index is 9.28. The Bertz CT molecular complexity index is 473. The molecule has 1 fully saturated rings. The van der Waals surface area contributed by atoms with Crippen LogP contribution in [0.25, 0.3) is 0 Å². The first kappa shape index (κ1) is 20.4. The van der Waals surface area contributed by atoms with Crippen LogP contribution in [0.4, 0.5) is 0 Å². The van der Waals surface area contributed by atoms with Crippen molar-refractivity contribution in [1.29, 1.82) is 0 Å². The number of aliphatic hydroxyl groups is 2. The smallest absolute Gasteiger partial charge is 0.0633 e. The fraction of sp³-hybridized carbons (Fsp3) is 0.727. The van der Waals surface area contributed by atoms with Gasteiger partial charge in [0.2, 0.25) is 0 Å². The first-order chi connectivity index (χ1) is 12.1. The Balaban J connectivity index is 1.79. The maximum Gasteiger partial charge on any atom is 0.0633 e. The van der Waals surface area contributed by atoms with Crippen LogP contribution in [0.2, 0.25) is 0 Å². The van der Waals surface area contributed by atoms with Gasteiger partial charge in [0, 0.05) is 0 Å². The summed E-state index contributed by atoms with van der Waals surface area (Å²) in [5.41, 5.74) is 7.78. The Labute approximate surface area is 153 Å². The van der Waals surface area contributed by atoms with E-state index in [1.807, 2.05) is 0 Å². The van der Waals surface area contributed by atoms with Crippen molar-refractivity contribution >= 4 is 0 Å². The molecule has 0 radical (unpaired) electrons. The zero-order valence-corrected chi connectivity index (χ0v) is 15.9. The maximum atomic E-state index is 9.28. The second-order valence-electron chi connectivity index (χ2n) is 8.13. The van der Waals surface area contributed by atoms with Gasteiger partial charge in [0.15, 0.2) is 0 Å². The molecular formula is C22H37NO2. The monoisotopic (exact) mass is 347 g/mol. The van der Waals surface area contributed by atoms with Crippen molar-refractivity contribution in [3.63, 3.8) is 0 Å². The van der Waals surface area contributed by atoms with Gasteiger partial charge in [-0.05, 0) is 61.5 Å². The fourth-order valence-corrected chi connectivity index (χ4v) is 4.03. The summed E-state index contributed by atoms with van der Waals surface area (Å²) in [6.07, 6.45) is 12.4. The average Bonchev–Trinajstić information content (AvgIpc) is 2.67. The molecule has 0 bridgehead atoms. The van der Waals surface area contributed by atoms with Crippen LogP contribution in [0.3, 0.4) is 0 Å². The van der Waals surface area contributed by atoms with E-state index in [1.165, 1.54) is 62.5 Å². The molecule has 0 spiro atoms. The van der Waals surface area contributed by atoms with Crippen LogP contribution in [0.1, 0.15) is 81.8 Å². The minimum Gasteiger partial charge on any atom is -0.394 e. The Morgan fingerprint density at radius 3 is 2.20 bits per heavy atom. The van der Waals surface area contributed by atoms with E-state index in [-0.39, 0.29) is 13.2 Å². The van der Waals surface area contributed by atoms with Crippen LogP contribution in [0, 0.1) is 5.92 Å². The topological polar surface area (TPSA) is 66.5 Å². The van der Waals surface area contributed by atoms with Gasteiger partial charge in [-0.1, -0.05) is 56.9 Å². The van der Waals surface area contributed by atoms with Crippen molar-refractivity contribution in [3.8, 4) is 0 Å². The molecule has 2 rings (SSSR count). The Hall–Kier alpha value is -0.900. The van der Waals surface area contributed by atoms with Crippen molar-refractivity contribution < 1.29 is 10.2 Å². The summed E-state index contributed by atoms with van der Waals surface area (Å²) in [6, 6.07) is 8.93. The molecule has 3 nitrogen and oxygen atoms in total. The number of aryl methyl sites for hydroxylation is 1. The largest absolute Gasteiger partial charge is 0.394 e. The minimum atomic E-state index is -0.866. The van der Waals surface area contributed by atoms with E-state index in [2.05, 4.69) is 31.2 Å². The molecule has 0 atom stereocenters. The number of rotatable bonds is 10. The van der Waals surface area contributed by atoms with Crippen molar-refractivity contribution in [3.05, 3.63) is 35.4 Å². The van der Waals surface area contributed by atoms with E-state index in [9.17, 15) is 10.2 Å². The third-order valence-corrected chi connectivity index (χ3v) is 6.06. The minimum absolute atomic E-state index is 0.177. The number of hydrogen-bond acceptors (Lipinski definition) is 3. The molecular weight excluding hydrogens is 310 g/mol. The van der Waals surface area contributed by atoms with E-state index < -0.39 is 5.54 Å². The number of hydrogen-bond donors (Lipinski definition) is 3. The lowest BCUT2D eigenvalue weighted by Crippen LogP contribution is -2.47. The Morgan fingerprint density at radius 2 is 1.64 bits per heavy atom. The van der Waals surface area contributed by atoms with Gasteiger partial charge in [-0.3, -0.25) is 0 Å². The third-order valence-electron chi connectivity index (χ3n) is 6.06. The van der Waals surface area contributed by atoms with E-state index in [0.29, 0.717) is 6.42 Å². The third kappa shape index (κ3) is 6.40. The molecule has 0 aromatic heterocycles. The summed E-state index contributed by atoms with van der Waals surface area (Å²) in [6.45, 7) is 1.92. The quantitative estimate of drug-likeness (QED) is 0.557. The van der Waals surface area contributed by atoms with Gasteiger partial charge >= 0.3 is 0 Å². The van der Waals surface area contributed by atoms with Crippen LogP contribution < -0.4 is 5.73 Å². The highest BCUT2D eigenvalue weighted by molar-refractivity contribution is 5.26. The zero-order chi connectivity index (χ0) is 18.1. The molecule has 0 saturated heterocycles. The van der Waals surface area contributed by atoms with Crippen molar-refractivity contribution in [1.82, 2.24) is 0 Å². The molecule has 142 valence electrons. The van der Waals surface area contributed by atoms with E-state index >= 15 is 0 Å². The van der Waals surface area contributed by atoms with E-state index in [0.717, 1.165) is 18.3 Å². The first-order valence-corrected chi connectivity index (χ1v) is 10.2. The SMILES string of the molecule is CCCCCC1CCC(c2ccc(CCC(N)(CO)CO)cc2)CC1. The normalized spacial score (nSPS) is 21.4. The van der Waals surface area contributed by atoms with Gasteiger partial charge in [0.05, 0.1) is 18.8 Å². The van der Waals surface area contributed by atoms with Gasteiger partial charge in [-0.15, -0.1) is 0 Å². The molecule has 1 saturated carbocycles. The number of aliphatic hydroxyl groups excluding tert-OH is 2. The van der Waals surface area contributed by atoms with Crippen LogP contribution in [0.15, 0.2) is 24.3 Å². The molecule has 0 amide bonds. The molecule has 25 heavy (non-hydrogen) atoms. The summed E-state index contributed by atoms with van der Waals surface area (Å²) in [7, 11) is 0. The summed E-state index contributed by atoms with van der Waals surface area (Å²) < 4.78 is 0. The molecule has 1 aromatic rings. The molecule has 0 heterocycles. The highest BCUT2D eigenvalue weighted by atomic mass is 16.3. The van der Waals surface area contributed by atoms with Crippen LogP contribution >= 0.6 is 0 Å². The van der Waals surface area contributed by atoms with Crippen LogP contribution in [-0.4, -0.2) is 29.0 Å². The zero-order valence-electron chi connectivity index (χ0n) is 15.9. The van der Waals surface area contributed by atoms with Gasteiger partial charge in [-0.25, -0.2) is 0 Å². The first-order valence-electron chi connectivity index (χ1n) is 10.2. The second kappa shape index (κ2) is 10.3. The fourth-order valence-electron chi connectivity index (χ4n) is 4.03. The van der Waals surface area contributed by atoms with Crippen molar-refractivity contribution in [2.45, 2.75) is 82.6 Å². The van der Waals surface area contributed by atoms with E-state index in [1.54, 1.807) is 0 Å². The molecule has 4 N–H and O–H groups in total. The second-order valence-corrected chi connectivity index (χ2v) is 8.13. The van der Waals surface area contributed by atoms with Crippen molar-refractivity contribution in [2.75, 3.05) is 13.2 Å². The summed E-state index contributed by atoms with van der Waals surface area (Å²) in [5.74, 6) is 1.68. The molecule has 1 aliphatic carbocycles. The van der Waals surface area contributed by atoms with Gasteiger partial charge in [0.1, 0.15) is 0 Å². The highest BCUT2D eigenvalue weighted by Gasteiger charge is 2.23. The van der Waals surface area contributed by atoms with Gasteiger partial charge in [0.25, 0.3) is 0 Å².